The van der Waals surface area contributed by atoms with E-state index in [0.717, 1.165) is 5.52 Å². The lowest BCUT2D eigenvalue weighted by Gasteiger charge is -1.96. The number of pyridine rings is 1. The lowest BCUT2D eigenvalue weighted by molar-refractivity contribution is 0.100. The second-order valence-corrected chi connectivity index (χ2v) is 2.62. The molecule has 0 aromatic carbocycles. The molecule has 0 bridgehead atoms. The predicted octanol–water partition coefficient (Wildman–Crippen LogP) is 1.46. The number of primary amides is 1. The highest BCUT2D eigenvalue weighted by atomic mass is 35.5. The summed E-state index contributed by atoms with van der Waals surface area (Å²) >= 11 is 0. The molecule has 2 rings (SSSR count). The molecule has 0 aliphatic carbocycles. The van der Waals surface area contributed by atoms with E-state index in [2.05, 4.69) is 0 Å². The number of fused-ring (bicyclic) bond motifs is 1. The van der Waals surface area contributed by atoms with Crippen molar-refractivity contribution in [2.75, 3.05) is 0 Å². The van der Waals surface area contributed by atoms with Gasteiger partial charge in [0.15, 0.2) is 0 Å². The quantitative estimate of drug-likeness (QED) is 0.738. The fourth-order valence-corrected chi connectivity index (χ4v) is 1.19. The summed E-state index contributed by atoms with van der Waals surface area (Å²) in [5, 5.41) is 0. The first-order valence-corrected chi connectivity index (χ1v) is 3.64. The van der Waals surface area contributed by atoms with Crippen LogP contribution < -0.4 is 5.73 Å². The average molecular weight is 197 g/mol. The summed E-state index contributed by atoms with van der Waals surface area (Å²) in [6, 6.07) is 7.31. The SMILES string of the molecule is Cl.NC(=O)c1ccn2cccc2c1. The zero-order chi connectivity index (χ0) is 8.55. The number of rotatable bonds is 1. The van der Waals surface area contributed by atoms with Gasteiger partial charge in [-0.3, -0.25) is 4.79 Å². The summed E-state index contributed by atoms with van der Waals surface area (Å²) in [4.78, 5) is 10.8. The number of hydrogen-bond donors (Lipinski definition) is 1. The molecule has 0 saturated carbocycles. The second kappa shape index (κ2) is 3.49. The van der Waals surface area contributed by atoms with Gasteiger partial charge < -0.3 is 10.1 Å². The van der Waals surface area contributed by atoms with Gasteiger partial charge in [0, 0.05) is 23.5 Å². The Balaban J connectivity index is 0.000000845. The Hall–Kier alpha value is -1.48. The molecule has 13 heavy (non-hydrogen) atoms. The standard InChI is InChI=1S/C9H8N2O.ClH/c10-9(12)7-3-5-11-4-1-2-8(11)6-7;/h1-6H,(H2,10,12);1H. The molecule has 2 N–H and O–H groups in total. The number of amides is 1. The summed E-state index contributed by atoms with van der Waals surface area (Å²) in [5.74, 6) is -0.390. The summed E-state index contributed by atoms with van der Waals surface area (Å²) in [6.07, 6.45) is 3.73. The molecule has 4 heteroatoms. The Labute approximate surface area is 81.6 Å². The van der Waals surface area contributed by atoms with Crippen LogP contribution in [0.4, 0.5) is 0 Å². The van der Waals surface area contributed by atoms with Gasteiger partial charge in [-0.15, -0.1) is 12.4 Å². The van der Waals surface area contributed by atoms with Crippen molar-refractivity contribution in [1.29, 1.82) is 0 Å². The van der Waals surface area contributed by atoms with E-state index in [4.69, 9.17) is 5.73 Å². The van der Waals surface area contributed by atoms with E-state index in [9.17, 15) is 4.79 Å². The zero-order valence-corrected chi connectivity index (χ0v) is 7.62. The summed E-state index contributed by atoms with van der Waals surface area (Å²) in [5.41, 5.74) is 6.65. The Morgan fingerprint density at radius 2 is 2.08 bits per heavy atom. The van der Waals surface area contributed by atoms with Crippen LogP contribution in [0.3, 0.4) is 0 Å². The molecule has 0 aliphatic heterocycles. The highest BCUT2D eigenvalue weighted by Gasteiger charge is 1.99. The van der Waals surface area contributed by atoms with Gasteiger partial charge in [0.25, 0.3) is 0 Å². The molecule has 0 radical (unpaired) electrons. The first kappa shape index (κ1) is 9.61. The number of aromatic nitrogens is 1. The first-order valence-electron chi connectivity index (χ1n) is 3.64. The molecule has 0 fully saturated rings. The molecular formula is C9H9ClN2O. The minimum atomic E-state index is -0.390. The molecule has 1 amide bonds. The van der Waals surface area contributed by atoms with Gasteiger partial charge in [-0.05, 0) is 24.3 Å². The summed E-state index contributed by atoms with van der Waals surface area (Å²) < 4.78 is 1.92. The van der Waals surface area contributed by atoms with Gasteiger partial charge in [-0.25, -0.2) is 0 Å². The lowest BCUT2D eigenvalue weighted by Crippen LogP contribution is -2.10. The van der Waals surface area contributed by atoms with Crippen LogP contribution in [0.5, 0.6) is 0 Å². The molecule has 68 valence electrons. The highest BCUT2D eigenvalue weighted by Crippen LogP contribution is 2.06. The lowest BCUT2D eigenvalue weighted by atomic mass is 10.2. The smallest absolute Gasteiger partial charge is 0.248 e. The van der Waals surface area contributed by atoms with Crippen LogP contribution in [0.15, 0.2) is 36.7 Å². The van der Waals surface area contributed by atoms with Crippen molar-refractivity contribution in [3.8, 4) is 0 Å². The van der Waals surface area contributed by atoms with Crippen LogP contribution >= 0.6 is 12.4 Å². The monoisotopic (exact) mass is 196 g/mol. The molecule has 0 spiro atoms. The van der Waals surface area contributed by atoms with Gasteiger partial charge in [0.05, 0.1) is 0 Å². The van der Waals surface area contributed by atoms with Crippen molar-refractivity contribution < 1.29 is 4.79 Å². The van der Waals surface area contributed by atoms with Crippen molar-refractivity contribution in [2.24, 2.45) is 5.73 Å². The molecule has 2 aromatic rings. The fourth-order valence-electron chi connectivity index (χ4n) is 1.19. The second-order valence-electron chi connectivity index (χ2n) is 2.62. The van der Waals surface area contributed by atoms with E-state index >= 15 is 0 Å². The highest BCUT2D eigenvalue weighted by molar-refractivity contribution is 5.93. The number of carbonyl (C=O) groups excluding carboxylic acids is 1. The fraction of sp³-hybridized carbons (Fsp3) is 0. The van der Waals surface area contributed by atoms with Crippen LogP contribution in [0.25, 0.3) is 5.52 Å². The molecule has 0 atom stereocenters. The summed E-state index contributed by atoms with van der Waals surface area (Å²) in [7, 11) is 0. The Morgan fingerprint density at radius 3 is 2.77 bits per heavy atom. The van der Waals surface area contributed by atoms with Gasteiger partial charge in [0.1, 0.15) is 0 Å². The van der Waals surface area contributed by atoms with Gasteiger partial charge in [-0.1, -0.05) is 0 Å². The van der Waals surface area contributed by atoms with Crippen LogP contribution in [-0.2, 0) is 0 Å². The van der Waals surface area contributed by atoms with Gasteiger partial charge >= 0.3 is 0 Å². The summed E-state index contributed by atoms with van der Waals surface area (Å²) in [6.45, 7) is 0. The van der Waals surface area contributed by atoms with E-state index in [1.165, 1.54) is 0 Å². The third-order valence-corrected chi connectivity index (χ3v) is 1.81. The number of nitrogens with zero attached hydrogens (tertiary/aromatic N) is 1. The molecular weight excluding hydrogens is 188 g/mol. The minimum absolute atomic E-state index is 0. The Bertz CT molecular complexity index is 436. The van der Waals surface area contributed by atoms with Crippen molar-refractivity contribution in [3.05, 3.63) is 42.2 Å². The molecule has 2 aromatic heterocycles. The van der Waals surface area contributed by atoms with Crippen LogP contribution in [0, 0.1) is 0 Å². The van der Waals surface area contributed by atoms with E-state index in [1.54, 1.807) is 12.1 Å². The molecule has 3 nitrogen and oxygen atoms in total. The maximum atomic E-state index is 10.8. The average Bonchev–Trinajstić information content (AvgIpc) is 2.49. The maximum absolute atomic E-state index is 10.8. The van der Waals surface area contributed by atoms with Crippen LogP contribution in [-0.4, -0.2) is 10.3 Å². The number of halogens is 1. The molecule has 0 unspecified atom stereocenters. The van der Waals surface area contributed by atoms with E-state index in [1.807, 2.05) is 28.9 Å². The Kier molecular flexibility index (Phi) is 2.58. The van der Waals surface area contributed by atoms with E-state index < -0.39 is 5.91 Å². The van der Waals surface area contributed by atoms with Crippen molar-refractivity contribution in [3.63, 3.8) is 0 Å². The van der Waals surface area contributed by atoms with Crippen LogP contribution in [0.2, 0.25) is 0 Å². The third kappa shape index (κ3) is 1.65. The number of hydrogen-bond acceptors (Lipinski definition) is 1. The van der Waals surface area contributed by atoms with Crippen molar-refractivity contribution in [2.45, 2.75) is 0 Å². The largest absolute Gasteiger partial charge is 0.366 e. The zero-order valence-electron chi connectivity index (χ0n) is 6.81. The molecule has 2 heterocycles. The minimum Gasteiger partial charge on any atom is -0.366 e. The number of carbonyl (C=O) groups is 1. The normalized spacial score (nSPS) is 9.54. The van der Waals surface area contributed by atoms with E-state index in [-0.39, 0.29) is 12.4 Å². The van der Waals surface area contributed by atoms with Gasteiger partial charge in [0.2, 0.25) is 5.91 Å². The predicted molar refractivity (Wildman–Crippen MR) is 53.2 cm³/mol. The first-order chi connectivity index (χ1) is 5.77. The van der Waals surface area contributed by atoms with Crippen molar-refractivity contribution >= 4 is 23.8 Å². The number of nitrogens with two attached hydrogens (primary N) is 1. The topological polar surface area (TPSA) is 47.5 Å². The van der Waals surface area contributed by atoms with Crippen molar-refractivity contribution in [1.82, 2.24) is 4.40 Å². The third-order valence-electron chi connectivity index (χ3n) is 1.81. The Morgan fingerprint density at radius 1 is 1.31 bits per heavy atom. The molecule has 0 saturated heterocycles. The van der Waals surface area contributed by atoms with Crippen LogP contribution in [0.1, 0.15) is 10.4 Å². The maximum Gasteiger partial charge on any atom is 0.248 e. The van der Waals surface area contributed by atoms with E-state index in [0.29, 0.717) is 5.56 Å². The van der Waals surface area contributed by atoms with Gasteiger partial charge in [-0.2, -0.15) is 0 Å². The molecule has 0 aliphatic rings.